The van der Waals surface area contributed by atoms with E-state index in [0.29, 0.717) is 10.7 Å². The predicted octanol–water partition coefficient (Wildman–Crippen LogP) is 2.57. The van der Waals surface area contributed by atoms with Crippen LogP contribution in [0.25, 0.3) is 0 Å². The summed E-state index contributed by atoms with van der Waals surface area (Å²) in [6.07, 6.45) is 0. The Kier molecular flexibility index (Phi) is 4.94. The maximum Gasteiger partial charge on any atom is 0.369 e. The molecule has 0 spiro atoms. The molecule has 0 saturated carbocycles. The number of carbonyl (C=O) groups excluding carboxylic acids is 1. The number of carbonyl (C=O) groups is 1. The average Bonchev–Trinajstić information content (AvgIpc) is 2.33. The number of methoxy groups -OCH3 is 1. The number of esters is 1. The molecule has 1 N–H and O–H groups in total. The number of rotatable bonds is 3. The van der Waals surface area contributed by atoms with Crippen molar-refractivity contribution in [3.05, 3.63) is 27.7 Å². The maximum absolute atomic E-state index is 11.0. The van der Waals surface area contributed by atoms with Crippen molar-refractivity contribution in [3.63, 3.8) is 0 Å². The quantitative estimate of drug-likeness (QED) is 0.528. The highest BCUT2D eigenvalue weighted by molar-refractivity contribution is 9.10. The summed E-state index contributed by atoms with van der Waals surface area (Å²) in [5.41, 5.74) is 2.72. The Balaban J connectivity index is 2.85. The third-order valence-corrected chi connectivity index (χ3v) is 2.93. The zero-order valence-corrected chi connectivity index (χ0v) is 11.0. The van der Waals surface area contributed by atoms with E-state index in [-0.39, 0.29) is 5.71 Å². The van der Waals surface area contributed by atoms with Crippen molar-refractivity contribution in [2.24, 2.45) is 5.10 Å². The first-order chi connectivity index (χ1) is 8.08. The van der Waals surface area contributed by atoms with Crippen molar-refractivity contribution >= 4 is 44.9 Å². The average molecular weight is 317 g/mol. The molecule has 0 aliphatic rings. The summed E-state index contributed by atoms with van der Waals surface area (Å²) >= 11 is 9.10. The molecule has 7 heteroatoms. The number of hydrogen-bond acceptors (Lipinski definition) is 5. The smallest absolute Gasteiger partial charge is 0.369 e. The highest BCUT2D eigenvalue weighted by Crippen LogP contribution is 2.25. The lowest BCUT2D eigenvalue weighted by molar-refractivity contribution is -0.132. The fourth-order valence-corrected chi connectivity index (χ4v) is 1.33. The van der Waals surface area contributed by atoms with Crippen molar-refractivity contribution in [2.75, 3.05) is 12.5 Å². The highest BCUT2D eigenvalue weighted by Gasteiger charge is 2.10. The van der Waals surface area contributed by atoms with Gasteiger partial charge in [0, 0.05) is 4.47 Å². The number of hydrazone groups is 1. The molecule has 1 aromatic rings. The summed E-state index contributed by atoms with van der Waals surface area (Å²) in [5, 5.41) is 12.7. The van der Waals surface area contributed by atoms with E-state index >= 15 is 0 Å². The fraction of sp³-hybridized carbons (Fsp3) is 0.100. The number of benzene rings is 1. The largest absolute Gasteiger partial charge is 0.464 e. The summed E-state index contributed by atoms with van der Waals surface area (Å²) in [7, 11) is 1.17. The van der Waals surface area contributed by atoms with Gasteiger partial charge in [0.25, 0.3) is 0 Å². The Bertz CT molecular complexity index is 511. The zero-order chi connectivity index (χ0) is 12.8. The third kappa shape index (κ3) is 3.73. The van der Waals surface area contributed by atoms with Gasteiger partial charge in [-0.05, 0) is 34.1 Å². The Labute approximate surface area is 111 Å². The van der Waals surface area contributed by atoms with E-state index in [4.69, 9.17) is 16.9 Å². The molecule has 0 radical (unpaired) electrons. The minimum atomic E-state index is -0.803. The van der Waals surface area contributed by atoms with Gasteiger partial charge in [0.15, 0.2) is 0 Å². The van der Waals surface area contributed by atoms with Crippen LogP contribution in [0.15, 0.2) is 27.8 Å². The molecule has 0 aromatic heterocycles. The van der Waals surface area contributed by atoms with Crippen LogP contribution in [0.4, 0.5) is 5.69 Å². The van der Waals surface area contributed by atoms with Gasteiger partial charge in [-0.25, -0.2) is 4.79 Å². The Hall–Kier alpha value is -1.58. The number of hydrogen-bond donors (Lipinski definition) is 1. The third-order valence-electron chi connectivity index (χ3n) is 1.70. The van der Waals surface area contributed by atoms with Gasteiger partial charge in [0.05, 0.1) is 17.8 Å². The first-order valence-corrected chi connectivity index (χ1v) is 5.52. The molecule has 1 aromatic carbocycles. The number of nitrogens with zero attached hydrogens (tertiary/aromatic N) is 2. The molecule has 1 rings (SSSR count). The number of halogens is 2. The highest BCUT2D eigenvalue weighted by atomic mass is 79.9. The van der Waals surface area contributed by atoms with E-state index in [1.165, 1.54) is 7.11 Å². The van der Waals surface area contributed by atoms with E-state index < -0.39 is 5.97 Å². The van der Waals surface area contributed by atoms with Gasteiger partial charge in [0.1, 0.15) is 6.07 Å². The maximum atomic E-state index is 11.0. The Morgan fingerprint density at radius 2 is 2.35 bits per heavy atom. The fourth-order valence-electron chi connectivity index (χ4n) is 0.899. The monoisotopic (exact) mass is 315 g/mol. The van der Waals surface area contributed by atoms with Gasteiger partial charge < -0.3 is 4.74 Å². The molecule has 5 nitrogen and oxygen atoms in total. The van der Waals surface area contributed by atoms with Gasteiger partial charge in [-0.1, -0.05) is 11.6 Å². The van der Waals surface area contributed by atoms with Gasteiger partial charge in [-0.2, -0.15) is 10.4 Å². The number of ether oxygens (including phenoxy) is 1. The molecule has 0 aliphatic heterocycles. The molecule has 0 aliphatic carbocycles. The lowest BCUT2D eigenvalue weighted by atomic mass is 10.3. The van der Waals surface area contributed by atoms with Crippen LogP contribution in [0.5, 0.6) is 0 Å². The summed E-state index contributed by atoms with van der Waals surface area (Å²) in [6, 6.07) is 6.62. The van der Waals surface area contributed by atoms with E-state index in [2.05, 4.69) is 31.2 Å². The van der Waals surface area contributed by atoms with E-state index in [9.17, 15) is 4.79 Å². The van der Waals surface area contributed by atoms with Crippen LogP contribution in [0.2, 0.25) is 5.02 Å². The van der Waals surface area contributed by atoms with Crippen LogP contribution in [0.1, 0.15) is 0 Å². The van der Waals surface area contributed by atoms with Crippen LogP contribution < -0.4 is 5.43 Å². The van der Waals surface area contributed by atoms with Gasteiger partial charge in [-0.15, -0.1) is 0 Å². The molecule has 17 heavy (non-hydrogen) atoms. The summed E-state index contributed by atoms with van der Waals surface area (Å²) in [4.78, 5) is 11.0. The summed E-state index contributed by atoms with van der Waals surface area (Å²) in [5.74, 6) is -0.803. The predicted molar refractivity (Wildman–Crippen MR) is 67.8 cm³/mol. The second-order valence-corrected chi connectivity index (χ2v) is 4.07. The van der Waals surface area contributed by atoms with Crippen molar-refractivity contribution < 1.29 is 9.53 Å². The zero-order valence-electron chi connectivity index (χ0n) is 8.70. The van der Waals surface area contributed by atoms with Crippen LogP contribution >= 0.6 is 27.5 Å². The van der Waals surface area contributed by atoms with Crippen molar-refractivity contribution in [1.29, 1.82) is 5.26 Å². The molecule has 0 heterocycles. The Morgan fingerprint density at radius 1 is 1.65 bits per heavy atom. The second kappa shape index (κ2) is 6.23. The lowest BCUT2D eigenvalue weighted by Gasteiger charge is -2.02. The van der Waals surface area contributed by atoms with Crippen LogP contribution in [0.3, 0.4) is 0 Å². The number of nitriles is 1. The number of anilines is 1. The van der Waals surface area contributed by atoms with Gasteiger partial charge in [0.2, 0.25) is 5.71 Å². The Morgan fingerprint density at radius 3 is 2.88 bits per heavy atom. The SMILES string of the molecule is COC(=O)/C(C#N)=N\Nc1ccc(Br)c(Cl)c1. The van der Waals surface area contributed by atoms with E-state index in [0.717, 1.165) is 4.47 Å². The topological polar surface area (TPSA) is 74.5 Å². The molecule has 0 unspecified atom stereocenters. The molecule has 0 bridgehead atoms. The van der Waals surface area contributed by atoms with Gasteiger partial charge >= 0.3 is 5.97 Å². The van der Waals surface area contributed by atoms with E-state index in [1.807, 2.05) is 0 Å². The molecule has 0 saturated heterocycles. The molecule has 88 valence electrons. The molecule has 0 amide bonds. The van der Waals surface area contributed by atoms with Crippen molar-refractivity contribution in [1.82, 2.24) is 0 Å². The first-order valence-electron chi connectivity index (χ1n) is 4.35. The van der Waals surface area contributed by atoms with Crippen molar-refractivity contribution in [3.8, 4) is 6.07 Å². The second-order valence-electron chi connectivity index (χ2n) is 2.80. The minimum absolute atomic E-state index is 0.369. The molecular formula is C10H7BrClN3O2. The first kappa shape index (κ1) is 13.5. The molecular weight excluding hydrogens is 309 g/mol. The summed E-state index contributed by atoms with van der Waals surface area (Å²) < 4.78 is 5.11. The summed E-state index contributed by atoms with van der Waals surface area (Å²) in [6.45, 7) is 0. The molecule has 0 fully saturated rings. The standard InChI is InChI=1S/C10H7BrClN3O2/c1-17-10(16)9(5-13)15-14-6-2-3-7(11)8(12)4-6/h2-4,14H,1H3/b15-9-. The number of nitrogens with one attached hydrogen (secondary N) is 1. The van der Waals surface area contributed by atoms with Crippen molar-refractivity contribution in [2.45, 2.75) is 0 Å². The van der Waals surface area contributed by atoms with Gasteiger partial charge in [-0.3, -0.25) is 5.43 Å². The lowest BCUT2D eigenvalue weighted by Crippen LogP contribution is -2.15. The van der Waals surface area contributed by atoms with Crippen LogP contribution in [-0.2, 0) is 9.53 Å². The van der Waals surface area contributed by atoms with E-state index in [1.54, 1.807) is 24.3 Å². The minimum Gasteiger partial charge on any atom is -0.464 e. The normalized spacial score (nSPS) is 10.6. The van der Waals surface area contributed by atoms with Crippen LogP contribution in [-0.4, -0.2) is 18.8 Å². The van der Waals surface area contributed by atoms with Crippen LogP contribution in [0, 0.1) is 11.3 Å². The molecule has 0 atom stereocenters.